The van der Waals surface area contributed by atoms with Gasteiger partial charge in [0.05, 0.1) is 0 Å². The normalized spacial score (nSPS) is 12.0. The summed E-state index contributed by atoms with van der Waals surface area (Å²) in [6, 6.07) is 15.9. The van der Waals surface area contributed by atoms with Crippen LogP contribution in [0.25, 0.3) is 0 Å². The molecule has 4 heteroatoms. The molecule has 0 fully saturated rings. The fourth-order valence-electron chi connectivity index (χ4n) is 1.57. The summed E-state index contributed by atoms with van der Waals surface area (Å²) in [5.74, 6) is -0.505. The van der Waals surface area contributed by atoms with E-state index in [1.54, 1.807) is 24.3 Å². The summed E-state index contributed by atoms with van der Waals surface area (Å²) in [7, 11) is -2.06. The summed E-state index contributed by atoms with van der Waals surface area (Å²) in [4.78, 5) is 11.0. The lowest BCUT2D eigenvalue weighted by molar-refractivity contribution is 0.100. The first-order valence-electron chi connectivity index (χ1n) is 5.18. The predicted octanol–water partition coefficient (Wildman–Crippen LogP) is 1.30. The molecule has 1 unspecified atom stereocenters. The molecule has 0 bridgehead atoms. The second kappa shape index (κ2) is 4.98. The van der Waals surface area contributed by atoms with Gasteiger partial charge in [0.25, 0.3) is 0 Å². The lowest BCUT2D eigenvalue weighted by Gasteiger charge is -2.03. The zero-order chi connectivity index (χ0) is 12.3. The average molecular weight is 245 g/mol. The van der Waals surface area contributed by atoms with Gasteiger partial charge < -0.3 is 10.3 Å². The molecule has 0 aliphatic rings. The molecule has 86 valence electrons. The molecule has 0 heterocycles. The zero-order valence-corrected chi connectivity index (χ0v) is 10.1. The Morgan fingerprint density at radius 3 is 2.24 bits per heavy atom. The Morgan fingerprint density at radius 1 is 0.941 bits per heavy atom. The highest BCUT2D eigenvalue weighted by Crippen LogP contribution is 2.19. The van der Waals surface area contributed by atoms with E-state index < -0.39 is 13.7 Å². The van der Waals surface area contributed by atoms with E-state index in [2.05, 4.69) is 0 Å². The molecule has 0 spiro atoms. The molecule has 0 aliphatic heterocycles. The fraction of sp³-hybridized carbons (Fsp3) is 0. The lowest BCUT2D eigenvalue weighted by Crippen LogP contribution is -2.14. The minimum atomic E-state index is -2.06. The van der Waals surface area contributed by atoms with Gasteiger partial charge in [0.15, 0.2) is 0 Å². The van der Waals surface area contributed by atoms with E-state index in [1.165, 1.54) is 0 Å². The fourth-order valence-corrected chi connectivity index (χ4v) is 2.93. The van der Waals surface area contributed by atoms with Crippen molar-refractivity contribution in [3.05, 3.63) is 60.2 Å². The number of rotatable bonds is 3. The quantitative estimate of drug-likeness (QED) is 0.828. The zero-order valence-electron chi connectivity index (χ0n) is 9.09. The van der Waals surface area contributed by atoms with E-state index >= 15 is 0 Å². The number of carbonyl (C=O) groups excluding carboxylic acids is 1. The Labute approximate surface area is 100 Å². The Hall–Kier alpha value is -1.86. The van der Waals surface area contributed by atoms with Crippen molar-refractivity contribution < 1.29 is 9.36 Å². The molecule has 2 N–H and O–H groups in total. The van der Waals surface area contributed by atoms with Crippen LogP contribution < -0.4 is 16.3 Å². The molecule has 1 atom stereocenters. The highest BCUT2D eigenvalue weighted by atomic mass is 31.1. The molecular formula is C13H12NO2P. The van der Waals surface area contributed by atoms with Crippen molar-refractivity contribution in [2.24, 2.45) is 5.73 Å². The van der Waals surface area contributed by atoms with Gasteiger partial charge in [0, 0.05) is 16.2 Å². The first-order valence-corrected chi connectivity index (χ1v) is 6.59. The maximum absolute atomic E-state index is 12.3. The largest absolute Gasteiger partial charge is 0.366 e. The van der Waals surface area contributed by atoms with Crippen LogP contribution in [0.5, 0.6) is 0 Å². The molecule has 0 aromatic heterocycles. The third-order valence-electron chi connectivity index (χ3n) is 2.45. The van der Waals surface area contributed by atoms with Crippen molar-refractivity contribution in [3.63, 3.8) is 0 Å². The van der Waals surface area contributed by atoms with E-state index in [4.69, 9.17) is 5.73 Å². The van der Waals surface area contributed by atoms with E-state index in [-0.39, 0.29) is 0 Å². The van der Waals surface area contributed by atoms with Crippen molar-refractivity contribution >= 4 is 24.3 Å². The van der Waals surface area contributed by atoms with Crippen LogP contribution in [0, 0.1) is 0 Å². The van der Waals surface area contributed by atoms with E-state index in [0.29, 0.717) is 10.9 Å². The molecular weight excluding hydrogens is 233 g/mol. The summed E-state index contributed by atoms with van der Waals surface area (Å²) >= 11 is 0. The van der Waals surface area contributed by atoms with Crippen molar-refractivity contribution in [3.8, 4) is 0 Å². The van der Waals surface area contributed by atoms with E-state index in [1.807, 2.05) is 30.3 Å². The van der Waals surface area contributed by atoms with Gasteiger partial charge >= 0.3 is 0 Å². The number of amides is 1. The smallest absolute Gasteiger partial charge is 0.248 e. The van der Waals surface area contributed by atoms with Gasteiger partial charge in [-0.3, -0.25) is 4.79 Å². The van der Waals surface area contributed by atoms with Crippen LogP contribution in [0.2, 0.25) is 0 Å². The van der Waals surface area contributed by atoms with Crippen LogP contribution in [-0.4, -0.2) is 5.91 Å². The predicted molar refractivity (Wildman–Crippen MR) is 69.7 cm³/mol. The molecule has 2 aromatic carbocycles. The second-order valence-corrected chi connectivity index (χ2v) is 5.45. The van der Waals surface area contributed by atoms with Crippen LogP contribution in [0.4, 0.5) is 0 Å². The number of hydrogen-bond donors (Lipinski definition) is 1. The van der Waals surface area contributed by atoms with Gasteiger partial charge in [-0.15, -0.1) is 0 Å². The summed E-state index contributed by atoms with van der Waals surface area (Å²) < 4.78 is 12.3. The maximum Gasteiger partial charge on any atom is 0.248 e. The molecule has 0 radical (unpaired) electrons. The van der Waals surface area contributed by atoms with Crippen LogP contribution >= 0.6 is 7.80 Å². The van der Waals surface area contributed by atoms with Gasteiger partial charge in [-0.2, -0.15) is 0 Å². The average Bonchev–Trinajstić information content (AvgIpc) is 2.39. The SMILES string of the molecule is NC(=O)c1cccc([PH](=O)c2ccccc2)c1. The van der Waals surface area contributed by atoms with Gasteiger partial charge in [0.1, 0.15) is 7.80 Å². The number of primary amides is 1. The molecule has 2 aromatic rings. The lowest BCUT2D eigenvalue weighted by atomic mass is 10.2. The van der Waals surface area contributed by atoms with Crippen LogP contribution in [0.15, 0.2) is 54.6 Å². The Morgan fingerprint density at radius 2 is 1.59 bits per heavy atom. The van der Waals surface area contributed by atoms with Crippen molar-refractivity contribution in [2.45, 2.75) is 0 Å². The highest BCUT2D eigenvalue weighted by molar-refractivity contribution is 7.61. The molecule has 17 heavy (non-hydrogen) atoms. The molecule has 2 rings (SSSR count). The molecule has 0 saturated carbocycles. The maximum atomic E-state index is 12.3. The molecule has 0 saturated heterocycles. The van der Waals surface area contributed by atoms with Gasteiger partial charge in [0.2, 0.25) is 5.91 Å². The van der Waals surface area contributed by atoms with Gasteiger partial charge in [-0.05, 0) is 12.1 Å². The molecule has 1 amide bonds. The summed E-state index contributed by atoms with van der Waals surface area (Å²) in [6.45, 7) is 0. The number of carbonyl (C=O) groups is 1. The monoisotopic (exact) mass is 245 g/mol. The Balaban J connectivity index is 2.38. The van der Waals surface area contributed by atoms with Crippen molar-refractivity contribution in [1.29, 1.82) is 0 Å². The third-order valence-corrected chi connectivity index (χ3v) is 4.14. The Bertz CT molecular complexity index is 567. The van der Waals surface area contributed by atoms with Gasteiger partial charge in [-0.1, -0.05) is 42.5 Å². The van der Waals surface area contributed by atoms with Crippen LogP contribution in [0.1, 0.15) is 10.4 Å². The van der Waals surface area contributed by atoms with E-state index in [0.717, 1.165) is 5.30 Å². The topological polar surface area (TPSA) is 60.2 Å². The third kappa shape index (κ3) is 2.63. The van der Waals surface area contributed by atoms with Crippen LogP contribution in [-0.2, 0) is 4.57 Å². The van der Waals surface area contributed by atoms with E-state index in [9.17, 15) is 9.36 Å². The first kappa shape index (κ1) is 11.6. The molecule has 3 nitrogen and oxygen atoms in total. The Kier molecular flexibility index (Phi) is 3.40. The first-order chi connectivity index (χ1) is 8.18. The molecule has 0 aliphatic carbocycles. The van der Waals surface area contributed by atoms with Crippen molar-refractivity contribution in [2.75, 3.05) is 0 Å². The number of hydrogen-bond acceptors (Lipinski definition) is 2. The standard InChI is InChI=1S/C13H12NO2P/c14-13(15)10-5-4-8-12(9-10)17(16)11-6-2-1-3-7-11/h1-9,17H,(H2,14,15). The number of benzene rings is 2. The number of nitrogens with two attached hydrogens (primary N) is 1. The summed E-state index contributed by atoms with van der Waals surface area (Å²) in [6.07, 6.45) is 0. The minimum Gasteiger partial charge on any atom is -0.366 e. The minimum absolute atomic E-state index is 0.386. The highest BCUT2D eigenvalue weighted by Gasteiger charge is 2.08. The van der Waals surface area contributed by atoms with Gasteiger partial charge in [-0.25, -0.2) is 0 Å². The van der Waals surface area contributed by atoms with Crippen molar-refractivity contribution in [1.82, 2.24) is 0 Å². The summed E-state index contributed by atoms with van der Waals surface area (Å²) in [5.41, 5.74) is 5.58. The summed E-state index contributed by atoms with van der Waals surface area (Å²) in [5, 5.41) is 1.43. The second-order valence-electron chi connectivity index (χ2n) is 3.64. The van der Waals surface area contributed by atoms with Crippen LogP contribution in [0.3, 0.4) is 0 Å².